The second-order valence-corrected chi connectivity index (χ2v) is 10.4. The van der Waals surface area contributed by atoms with Crippen LogP contribution in [0.2, 0.25) is 0 Å². The van der Waals surface area contributed by atoms with Gasteiger partial charge in [-0.2, -0.15) is 0 Å². The second kappa shape index (κ2) is 9.21. The number of alkyl carbamates (subject to hydrolysis) is 1. The predicted octanol–water partition coefficient (Wildman–Crippen LogP) is 3.42. The molecule has 0 unspecified atom stereocenters. The first-order valence-electron chi connectivity index (χ1n) is 9.39. The lowest BCUT2D eigenvalue weighted by Crippen LogP contribution is -2.49. The molecule has 0 aromatic rings. The van der Waals surface area contributed by atoms with Crippen molar-refractivity contribution < 1.29 is 17.9 Å². The van der Waals surface area contributed by atoms with Crippen LogP contribution >= 0.6 is 0 Å². The maximum absolute atomic E-state index is 12.6. The fourth-order valence-corrected chi connectivity index (χ4v) is 4.95. The molecule has 25 heavy (non-hydrogen) atoms. The average Bonchev–Trinajstić information content (AvgIpc) is 2.44. The molecule has 148 valence electrons. The number of carbonyl (C=O) groups excluding carboxylic acids is 1. The minimum absolute atomic E-state index is 0.0194. The van der Waals surface area contributed by atoms with E-state index < -0.39 is 27.8 Å². The Hall–Kier alpha value is -0.820. The summed E-state index contributed by atoms with van der Waals surface area (Å²) in [4.78, 5) is 12.0. The number of sulfonamides is 1. The van der Waals surface area contributed by atoms with Crippen LogP contribution in [-0.2, 0) is 14.8 Å². The average molecular weight is 377 g/mol. The Morgan fingerprint density at radius 2 is 1.68 bits per heavy atom. The van der Waals surface area contributed by atoms with Gasteiger partial charge < -0.3 is 10.1 Å². The summed E-state index contributed by atoms with van der Waals surface area (Å²) in [7, 11) is -3.48. The van der Waals surface area contributed by atoms with Crippen molar-refractivity contribution in [1.29, 1.82) is 0 Å². The highest BCUT2D eigenvalue weighted by atomic mass is 32.2. The van der Waals surface area contributed by atoms with Crippen LogP contribution in [0, 0.1) is 11.8 Å². The summed E-state index contributed by atoms with van der Waals surface area (Å²) in [6, 6.07) is -0.564. The quantitative estimate of drug-likeness (QED) is 0.713. The monoisotopic (exact) mass is 376 g/mol. The molecule has 6 nitrogen and oxygen atoms in total. The van der Waals surface area contributed by atoms with Gasteiger partial charge in [-0.05, 0) is 52.4 Å². The van der Waals surface area contributed by atoms with Gasteiger partial charge in [0.25, 0.3) is 0 Å². The third-order valence-corrected chi connectivity index (χ3v) is 6.16. The highest BCUT2D eigenvalue weighted by molar-refractivity contribution is 7.89. The Balaban J connectivity index is 2.64. The Kier molecular flexibility index (Phi) is 8.19. The molecule has 1 aliphatic rings. The lowest BCUT2D eigenvalue weighted by atomic mass is 9.85. The molecule has 0 spiro atoms. The van der Waals surface area contributed by atoms with Crippen LogP contribution in [0.4, 0.5) is 4.79 Å². The van der Waals surface area contributed by atoms with Crippen molar-refractivity contribution in [2.45, 2.75) is 91.3 Å². The van der Waals surface area contributed by atoms with E-state index in [1.165, 1.54) is 19.3 Å². The van der Waals surface area contributed by atoms with Crippen LogP contribution in [0.1, 0.15) is 73.6 Å². The van der Waals surface area contributed by atoms with Crippen LogP contribution in [-0.4, -0.2) is 37.9 Å². The van der Waals surface area contributed by atoms with E-state index in [1.807, 2.05) is 20.8 Å². The van der Waals surface area contributed by atoms with Gasteiger partial charge in [0.2, 0.25) is 10.0 Å². The van der Waals surface area contributed by atoms with E-state index in [4.69, 9.17) is 4.74 Å². The highest BCUT2D eigenvalue weighted by Gasteiger charge is 2.29. The summed E-state index contributed by atoms with van der Waals surface area (Å²) in [5.41, 5.74) is -0.613. The summed E-state index contributed by atoms with van der Waals surface area (Å²) in [6.07, 6.45) is 5.16. The zero-order valence-corrected chi connectivity index (χ0v) is 17.4. The molecule has 0 aliphatic heterocycles. The number of hydrogen-bond donors (Lipinski definition) is 2. The van der Waals surface area contributed by atoms with Crippen molar-refractivity contribution >= 4 is 16.1 Å². The summed E-state index contributed by atoms with van der Waals surface area (Å²) in [5, 5.41) is 2.70. The van der Waals surface area contributed by atoms with Crippen LogP contribution in [0.15, 0.2) is 0 Å². The van der Waals surface area contributed by atoms with Crippen LogP contribution in [0.5, 0.6) is 0 Å². The Labute approximate surface area is 153 Å². The zero-order valence-electron chi connectivity index (χ0n) is 16.6. The third-order valence-electron chi connectivity index (χ3n) is 4.63. The molecule has 0 bridgehead atoms. The van der Waals surface area contributed by atoms with Crippen molar-refractivity contribution in [3.8, 4) is 0 Å². The molecule has 1 saturated carbocycles. The molecule has 0 aromatic heterocycles. The molecule has 0 aromatic carbocycles. The summed E-state index contributed by atoms with van der Waals surface area (Å²) in [6.45, 7) is 11.1. The lowest BCUT2D eigenvalue weighted by Gasteiger charge is -2.29. The van der Waals surface area contributed by atoms with E-state index in [2.05, 4.69) is 10.0 Å². The van der Waals surface area contributed by atoms with Gasteiger partial charge >= 0.3 is 6.09 Å². The van der Waals surface area contributed by atoms with E-state index in [9.17, 15) is 13.2 Å². The number of carbonyl (C=O) groups is 1. The molecular formula is C18H36N2O4S. The molecule has 0 heterocycles. The van der Waals surface area contributed by atoms with Gasteiger partial charge in [0.05, 0.1) is 5.75 Å². The number of nitrogens with one attached hydrogen (secondary N) is 2. The number of hydrogen-bond acceptors (Lipinski definition) is 4. The van der Waals surface area contributed by atoms with E-state index >= 15 is 0 Å². The first-order valence-corrected chi connectivity index (χ1v) is 11.0. The maximum atomic E-state index is 12.6. The molecule has 1 rings (SSSR count). The fourth-order valence-electron chi connectivity index (χ4n) is 3.16. The van der Waals surface area contributed by atoms with Gasteiger partial charge in [0.15, 0.2) is 0 Å². The summed E-state index contributed by atoms with van der Waals surface area (Å²) >= 11 is 0. The number of amides is 1. The molecule has 2 N–H and O–H groups in total. The molecule has 1 fully saturated rings. The molecule has 0 saturated heterocycles. The molecule has 1 aliphatic carbocycles. The Morgan fingerprint density at radius 3 is 2.16 bits per heavy atom. The van der Waals surface area contributed by atoms with E-state index in [1.54, 1.807) is 20.8 Å². The van der Waals surface area contributed by atoms with Crippen molar-refractivity contribution in [3.05, 3.63) is 0 Å². The fraction of sp³-hybridized carbons (Fsp3) is 0.944. The van der Waals surface area contributed by atoms with E-state index in [-0.39, 0.29) is 17.7 Å². The topological polar surface area (TPSA) is 84.5 Å². The van der Waals surface area contributed by atoms with Crippen molar-refractivity contribution in [3.63, 3.8) is 0 Å². The maximum Gasteiger partial charge on any atom is 0.407 e. The molecule has 7 heteroatoms. The molecule has 2 atom stereocenters. The lowest BCUT2D eigenvalue weighted by molar-refractivity contribution is 0.0497. The van der Waals surface area contributed by atoms with Crippen molar-refractivity contribution in [2.24, 2.45) is 11.8 Å². The van der Waals surface area contributed by atoms with Crippen LogP contribution < -0.4 is 10.0 Å². The minimum Gasteiger partial charge on any atom is -0.444 e. The molecular weight excluding hydrogens is 340 g/mol. The first kappa shape index (κ1) is 22.2. The van der Waals surface area contributed by atoms with Gasteiger partial charge in [-0.25, -0.2) is 17.9 Å². The largest absolute Gasteiger partial charge is 0.444 e. The first-order chi connectivity index (χ1) is 11.4. The molecule has 0 radical (unpaired) electrons. The van der Waals surface area contributed by atoms with Gasteiger partial charge in [-0.3, -0.25) is 0 Å². The van der Waals surface area contributed by atoms with Crippen LogP contribution in [0.3, 0.4) is 0 Å². The molecule has 1 amide bonds. The minimum atomic E-state index is -3.48. The Morgan fingerprint density at radius 1 is 1.12 bits per heavy atom. The smallest absolute Gasteiger partial charge is 0.407 e. The third kappa shape index (κ3) is 8.90. The van der Waals surface area contributed by atoms with E-state index in [0.717, 1.165) is 12.8 Å². The highest BCUT2D eigenvalue weighted by Crippen LogP contribution is 2.26. The van der Waals surface area contributed by atoms with Crippen LogP contribution in [0.25, 0.3) is 0 Å². The number of ether oxygens (including phenoxy) is 1. The van der Waals surface area contributed by atoms with Crippen molar-refractivity contribution in [1.82, 2.24) is 10.0 Å². The normalized spacial score (nSPS) is 19.5. The standard InChI is InChI=1S/C18H36N2O4S/c1-13(2)16(19-17(21)24-18(4,5)6)12-25(22,23)20-14(3)15-10-8-7-9-11-15/h13-16,20H,7-12H2,1-6H3,(H,19,21)/t14-,16+/m0/s1. The van der Waals surface area contributed by atoms with Gasteiger partial charge in [-0.15, -0.1) is 0 Å². The van der Waals surface area contributed by atoms with Crippen molar-refractivity contribution in [2.75, 3.05) is 5.75 Å². The van der Waals surface area contributed by atoms with Gasteiger partial charge in [-0.1, -0.05) is 33.1 Å². The summed E-state index contributed by atoms with van der Waals surface area (Å²) < 4.78 is 33.2. The second-order valence-electron chi connectivity index (χ2n) is 8.58. The van der Waals surface area contributed by atoms with Gasteiger partial charge in [0, 0.05) is 12.1 Å². The Bertz CT molecular complexity index is 520. The van der Waals surface area contributed by atoms with Gasteiger partial charge in [0.1, 0.15) is 5.60 Å². The predicted molar refractivity (Wildman–Crippen MR) is 101 cm³/mol. The van der Waals surface area contributed by atoms with E-state index in [0.29, 0.717) is 5.92 Å². The SMILES string of the molecule is CC(C)[C@@H](CS(=O)(=O)N[C@@H](C)C1CCCCC1)NC(=O)OC(C)(C)C. The zero-order chi connectivity index (χ0) is 19.3. The number of rotatable bonds is 7. The summed E-state index contributed by atoms with van der Waals surface area (Å²) in [5.74, 6) is 0.245.